The van der Waals surface area contributed by atoms with Crippen LogP contribution in [0.1, 0.15) is 5.82 Å². The molecule has 1 heterocycles. The van der Waals surface area contributed by atoms with E-state index in [0.29, 0.717) is 25.5 Å². The summed E-state index contributed by atoms with van der Waals surface area (Å²) < 4.78 is 12.3. The first-order valence-corrected chi connectivity index (χ1v) is 5.55. The van der Waals surface area contributed by atoms with E-state index in [1.54, 1.807) is 11.8 Å². The minimum atomic E-state index is 0.315. The minimum absolute atomic E-state index is 0.315. The van der Waals surface area contributed by atoms with Gasteiger partial charge in [0.15, 0.2) is 5.82 Å². The fraction of sp³-hybridized carbons (Fsp3) is 0.364. The Bertz CT molecular complexity index is 482. The van der Waals surface area contributed by atoms with Crippen LogP contribution in [0.4, 0.5) is 0 Å². The van der Waals surface area contributed by atoms with Gasteiger partial charge in [0.2, 0.25) is 0 Å². The Balaban J connectivity index is 1.84. The van der Waals surface area contributed by atoms with Crippen LogP contribution in [0, 0.1) is 0 Å². The molecule has 0 radical (unpaired) electrons. The van der Waals surface area contributed by atoms with Crippen molar-refractivity contribution in [1.29, 1.82) is 0 Å². The number of rotatable bonds is 6. The molecule has 0 aliphatic carbocycles. The van der Waals surface area contributed by atoms with Gasteiger partial charge in [-0.05, 0) is 34.7 Å². The number of hydrogen-bond donors (Lipinski definition) is 1. The molecule has 0 unspecified atom stereocenters. The van der Waals surface area contributed by atoms with Gasteiger partial charge in [-0.2, -0.15) is 0 Å². The normalized spacial score (nSPS) is 10.3. The van der Waals surface area contributed by atoms with Crippen molar-refractivity contribution < 1.29 is 9.47 Å². The maximum Gasteiger partial charge on any atom is 0.164 e. The maximum atomic E-state index is 5.57. The maximum absolute atomic E-state index is 5.57. The third kappa shape index (κ3) is 2.95. The summed E-state index contributed by atoms with van der Waals surface area (Å²) in [5.74, 6) is 2.22. The molecule has 2 aromatic rings. The molecule has 1 aromatic carbocycles. The molecule has 0 spiro atoms. The number of nitrogens with zero attached hydrogens (tertiary/aromatic N) is 4. The Labute approximate surface area is 104 Å². The zero-order valence-corrected chi connectivity index (χ0v) is 10.1. The SMILES string of the molecule is COc1ccc(OCCn2nnnc2CN)cc1. The first kappa shape index (κ1) is 12.3. The van der Waals surface area contributed by atoms with Crippen molar-refractivity contribution in [3.8, 4) is 11.5 Å². The fourth-order valence-corrected chi connectivity index (χ4v) is 1.47. The summed E-state index contributed by atoms with van der Waals surface area (Å²) in [4.78, 5) is 0. The van der Waals surface area contributed by atoms with Gasteiger partial charge in [-0.1, -0.05) is 0 Å². The van der Waals surface area contributed by atoms with Gasteiger partial charge >= 0.3 is 0 Å². The number of methoxy groups -OCH3 is 1. The topological polar surface area (TPSA) is 88.1 Å². The number of nitrogens with two attached hydrogens (primary N) is 1. The van der Waals surface area contributed by atoms with Crippen LogP contribution in [0.25, 0.3) is 0 Å². The molecule has 0 bridgehead atoms. The Morgan fingerprint density at radius 3 is 2.61 bits per heavy atom. The smallest absolute Gasteiger partial charge is 0.164 e. The molecule has 2 N–H and O–H groups in total. The van der Waals surface area contributed by atoms with Crippen LogP contribution in [-0.2, 0) is 13.1 Å². The summed E-state index contributed by atoms with van der Waals surface area (Å²) in [7, 11) is 1.63. The van der Waals surface area contributed by atoms with Gasteiger partial charge < -0.3 is 15.2 Å². The minimum Gasteiger partial charge on any atom is -0.497 e. The number of hydrogen-bond acceptors (Lipinski definition) is 6. The van der Waals surface area contributed by atoms with Crippen LogP contribution in [0.15, 0.2) is 24.3 Å². The lowest BCUT2D eigenvalue weighted by Crippen LogP contribution is -2.14. The lowest BCUT2D eigenvalue weighted by atomic mass is 10.3. The quantitative estimate of drug-likeness (QED) is 0.787. The summed E-state index contributed by atoms with van der Waals surface area (Å²) in [6, 6.07) is 7.39. The molecule has 2 rings (SSSR count). The summed E-state index contributed by atoms with van der Waals surface area (Å²) in [6.07, 6.45) is 0. The largest absolute Gasteiger partial charge is 0.497 e. The van der Waals surface area contributed by atoms with E-state index in [2.05, 4.69) is 15.5 Å². The van der Waals surface area contributed by atoms with Crippen molar-refractivity contribution in [2.75, 3.05) is 13.7 Å². The van der Waals surface area contributed by atoms with Gasteiger partial charge in [-0.25, -0.2) is 4.68 Å². The molecule has 0 saturated carbocycles. The van der Waals surface area contributed by atoms with Crippen molar-refractivity contribution in [1.82, 2.24) is 20.2 Å². The van der Waals surface area contributed by atoms with Crippen LogP contribution < -0.4 is 15.2 Å². The molecule has 96 valence electrons. The van der Waals surface area contributed by atoms with Gasteiger partial charge in [0.1, 0.15) is 18.1 Å². The van der Waals surface area contributed by atoms with Crippen molar-refractivity contribution in [3.05, 3.63) is 30.1 Å². The number of tetrazole rings is 1. The van der Waals surface area contributed by atoms with E-state index in [1.807, 2.05) is 24.3 Å². The first-order valence-electron chi connectivity index (χ1n) is 5.55. The lowest BCUT2D eigenvalue weighted by molar-refractivity contribution is 0.287. The van der Waals surface area contributed by atoms with Gasteiger partial charge in [0, 0.05) is 0 Å². The van der Waals surface area contributed by atoms with Gasteiger partial charge in [0.25, 0.3) is 0 Å². The van der Waals surface area contributed by atoms with Crippen LogP contribution in [-0.4, -0.2) is 33.9 Å². The number of ether oxygens (including phenoxy) is 2. The second-order valence-corrected chi connectivity index (χ2v) is 3.55. The third-order valence-corrected chi connectivity index (χ3v) is 2.42. The summed E-state index contributed by atoms with van der Waals surface area (Å²) in [5.41, 5.74) is 5.49. The molecule has 7 nitrogen and oxygen atoms in total. The predicted octanol–water partition coefficient (Wildman–Crippen LogP) is 0.219. The van der Waals surface area contributed by atoms with E-state index in [1.165, 1.54) is 0 Å². The highest BCUT2D eigenvalue weighted by Gasteiger charge is 2.03. The van der Waals surface area contributed by atoms with Gasteiger partial charge in [-0.15, -0.1) is 5.10 Å². The lowest BCUT2D eigenvalue weighted by Gasteiger charge is -2.07. The van der Waals surface area contributed by atoms with Crippen molar-refractivity contribution in [2.45, 2.75) is 13.1 Å². The second kappa shape index (κ2) is 5.97. The van der Waals surface area contributed by atoms with E-state index >= 15 is 0 Å². The first-order chi connectivity index (χ1) is 8.83. The standard InChI is InChI=1S/C11H15N5O2/c1-17-9-2-4-10(5-3-9)18-7-6-16-11(8-12)13-14-15-16/h2-5H,6-8,12H2,1H3. The second-order valence-electron chi connectivity index (χ2n) is 3.55. The van der Waals surface area contributed by atoms with Crippen LogP contribution in [0.2, 0.25) is 0 Å². The summed E-state index contributed by atoms with van der Waals surface area (Å²) in [5, 5.41) is 11.2. The molecule has 0 saturated heterocycles. The van der Waals surface area contributed by atoms with Crippen LogP contribution in [0.5, 0.6) is 11.5 Å². The summed E-state index contributed by atoms with van der Waals surface area (Å²) >= 11 is 0. The van der Waals surface area contributed by atoms with Crippen molar-refractivity contribution >= 4 is 0 Å². The van der Waals surface area contributed by atoms with E-state index in [0.717, 1.165) is 11.5 Å². The molecule has 0 aliphatic rings. The van der Waals surface area contributed by atoms with Crippen LogP contribution in [0.3, 0.4) is 0 Å². The highest BCUT2D eigenvalue weighted by atomic mass is 16.5. The van der Waals surface area contributed by atoms with Crippen molar-refractivity contribution in [2.24, 2.45) is 5.73 Å². The van der Waals surface area contributed by atoms with Crippen molar-refractivity contribution in [3.63, 3.8) is 0 Å². The van der Waals surface area contributed by atoms with Crippen LogP contribution >= 0.6 is 0 Å². The summed E-state index contributed by atoms with van der Waals surface area (Å²) in [6.45, 7) is 1.35. The molecule has 18 heavy (non-hydrogen) atoms. The molecular weight excluding hydrogens is 234 g/mol. The van der Waals surface area contributed by atoms with E-state index < -0.39 is 0 Å². The fourth-order valence-electron chi connectivity index (χ4n) is 1.47. The van der Waals surface area contributed by atoms with E-state index in [-0.39, 0.29) is 0 Å². The molecule has 0 atom stereocenters. The molecular formula is C11H15N5O2. The third-order valence-electron chi connectivity index (χ3n) is 2.42. The zero-order chi connectivity index (χ0) is 12.8. The number of benzene rings is 1. The molecule has 0 fully saturated rings. The van der Waals surface area contributed by atoms with Gasteiger partial charge in [0.05, 0.1) is 20.2 Å². The highest BCUT2D eigenvalue weighted by Crippen LogP contribution is 2.16. The molecule has 0 aliphatic heterocycles. The monoisotopic (exact) mass is 249 g/mol. The molecule has 0 amide bonds. The van der Waals surface area contributed by atoms with E-state index in [4.69, 9.17) is 15.2 Å². The number of aromatic nitrogens is 4. The van der Waals surface area contributed by atoms with E-state index in [9.17, 15) is 0 Å². The average molecular weight is 249 g/mol. The Hall–Kier alpha value is -2.15. The average Bonchev–Trinajstić information content (AvgIpc) is 2.87. The Kier molecular flexibility index (Phi) is 4.08. The Morgan fingerprint density at radius 1 is 1.22 bits per heavy atom. The Morgan fingerprint density at radius 2 is 1.94 bits per heavy atom. The van der Waals surface area contributed by atoms with Gasteiger partial charge in [-0.3, -0.25) is 0 Å². The molecule has 1 aromatic heterocycles. The zero-order valence-electron chi connectivity index (χ0n) is 10.1. The molecule has 7 heteroatoms. The highest BCUT2D eigenvalue weighted by molar-refractivity contribution is 5.31. The predicted molar refractivity (Wildman–Crippen MR) is 64.2 cm³/mol.